The van der Waals surface area contributed by atoms with Crippen molar-refractivity contribution in [3.8, 4) is 0 Å². The molecule has 0 amide bonds. The SMILES string of the molecule is CCCCCCCC/C=C\CCCCCCCC(=O)OCC(COC(=O)CCCCCCCCCCCCCCCCCCCCCCCCCCCC)OC(=O)CCCCCCCCCCCCCCCCCCCCCC. The van der Waals surface area contributed by atoms with Gasteiger partial charge in [0, 0.05) is 19.3 Å². The molecule has 0 fully saturated rings. The summed E-state index contributed by atoms with van der Waals surface area (Å²) in [6, 6.07) is 0. The molecule has 1 atom stereocenters. The van der Waals surface area contributed by atoms with Crippen LogP contribution in [0.25, 0.3) is 0 Å². The molecular formula is C73H140O6. The summed E-state index contributed by atoms with van der Waals surface area (Å²) in [6.45, 7) is 6.73. The third-order valence-corrected chi connectivity index (χ3v) is 16.8. The highest BCUT2D eigenvalue weighted by molar-refractivity contribution is 5.71. The van der Waals surface area contributed by atoms with E-state index in [-0.39, 0.29) is 31.1 Å². The van der Waals surface area contributed by atoms with Crippen LogP contribution in [0.5, 0.6) is 0 Å². The van der Waals surface area contributed by atoms with Gasteiger partial charge in [-0.25, -0.2) is 0 Å². The maximum absolute atomic E-state index is 13.0. The largest absolute Gasteiger partial charge is 0.462 e. The number of allylic oxidation sites excluding steroid dienone is 2. The minimum atomic E-state index is -0.770. The van der Waals surface area contributed by atoms with E-state index in [9.17, 15) is 14.4 Å². The molecule has 0 rings (SSSR count). The predicted octanol–water partition coefficient (Wildman–Crippen LogP) is 24.8. The molecule has 6 nitrogen and oxygen atoms in total. The zero-order chi connectivity index (χ0) is 57.1. The fourth-order valence-electron chi connectivity index (χ4n) is 11.3. The molecule has 468 valence electrons. The summed E-state index contributed by atoms with van der Waals surface area (Å²) in [5.41, 5.74) is 0. The Bertz CT molecular complexity index is 1230. The Hall–Kier alpha value is -1.85. The van der Waals surface area contributed by atoms with Gasteiger partial charge in [0.1, 0.15) is 13.2 Å². The quantitative estimate of drug-likeness (QED) is 0.0261. The fourth-order valence-corrected chi connectivity index (χ4v) is 11.3. The van der Waals surface area contributed by atoms with Gasteiger partial charge >= 0.3 is 17.9 Å². The van der Waals surface area contributed by atoms with Gasteiger partial charge in [0.15, 0.2) is 6.10 Å². The van der Waals surface area contributed by atoms with Crippen molar-refractivity contribution in [3.63, 3.8) is 0 Å². The van der Waals surface area contributed by atoms with E-state index in [2.05, 4.69) is 32.9 Å². The second-order valence-corrected chi connectivity index (χ2v) is 24.9. The molecule has 0 aliphatic rings. The van der Waals surface area contributed by atoms with Crippen LogP contribution in [0.1, 0.15) is 419 Å². The molecule has 6 heteroatoms. The highest BCUT2D eigenvalue weighted by Crippen LogP contribution is 2.19. The summed E-state index contributed by atoms with van der Waals surface area (Å²) >= 11 is 0. The van der Waals surface area contributed by atoms with Crippen molar-refractivity contribution in [2.75, 3.05) is 13.2 Å². The first kappa shape index (κ1) is 77.2. The van der Waals surface area contributed by atoms with E-state index in [1.165, 1.54) is 315 Å². The van der Waals surface area contributed by atoms with E-state index in [0.717, 1.165) is 64.2 Å². The number of hydrogen-bond donors (Lipinski definition) is 0. The molecule has 0 radical (unpaired) electrons. The number of carbonyl (C=O) groups is 3. The van der Waals surface area contributed by atoms with Crippen molar-refractivity contribution in [2.45, 2.75) is 425 Å². The van der Waals surface area contributed by atoms with Crippen molar-refractivity contribution in [3.05, 3.63) is 12.2 Å². The van der Waals surface area contributed by atoms with Crippen molar-refractivity contribution in [1.29, 1.82) is 0 Å². The normalized spacial score (nSPS) is 12.0. The maximum Gasteiger partial charge on any atom is 0.306 e. The Kier molecular flexibility index (Phi) is 67.0. The van der Waals surface area contributed by atoms with Gasteiger partial charge in [0.25, 0.3) is 0 Å². The van der Waals surface area contributed by atoms with Crippen LogP contribution in [0, 0.1) is 0 Å². The molecule has 0 N–H and O–H groups in total. The van der Waals surface area contributed by atoms with Gasteiger partial charge in [0.05, 0.1) is 0 Å². The van der Waals surface area contributed by atoms with Crippen LogP contribution >= 0.6 is 0 Å². The van der Waals surface area contributed by atoms with Gasteiger partial charge < -0.3 is 14.2 Å². The minimum absolute atomic E-state index is 0.0655. The second-order valence-electron chi connectivity index (χ2n) is 24.9. The van der Waals surface area contributed by atoms with Crippen molar-refractivity contribution in [2.24, 2.45) is 0 Å². The summed E-state index contributed by atoms with van der Waals surface area (Å²) < 4.78 is 17.0. The number of hydrogen-bond acceptors (Lipinski definition) is 6. The molecule has 0 aliphatic carbocycles. The molecule has 0 aromatic rings. The topological polar surface area (TPSA) is 78.9 Å². The summed E-state index contributed by atoms with van der Waals surface area (Å²) in [5, 5.41) is 0. The minimum Gasteiger partial charge on any atom is -0.462 e. The van der Waals surface area contributed by atoms with Gasteiger partial charge in [-0.2, -0.15) is 0 Å². The van der Waals surface area contributed by atoms with Crippen molar-refractivity contribution < 1.29 is 28.6 Å². The van der Waals surface area contributed by atoms with Crippen LogP contribution in [0.2, 0.25) is 0 Å². The van der Waals surface area contributed by atoms with Gasteiger partial charge in [-0.3, -0.25) is 14.4 Å². The summed E-state index contributed by atoms with van der Waals surface area (Å²) in [4.78, 5) is 38.5. The number of carbonyl (C=O) groups excluding carboxylic acids is 3. The molecule has 1 unspecified atom stereocenters. The average Bonchev–Trinajstić information content (AvgIpc) is 3.45. The Morgan fingerprint density at radius 2 is 0.418 bits per heavy atom. The Labute approximate surface area is 494 Å². The number of esters is 3. The molecule has 79 heavy (non-hydrogen) atoms. The molecule has 0 aromatic heterocycles. The zero-order valence-electron chi connectivity index (χ0n) is 53.9. The standard InChI is InChI=1S/C73H140O6/c1-4-7-10-13-16-19-22-25-28-30-32-34-35-36-37-38-39-41-42-45-48-51-54-57-60-63-66-72(75)78-69-70(68-77-71(74)65-62-59-56-53-50-47-44-27-24-21-18-15-12-9-6-3)79-73(76)67-64-61-58-55-52-49-46-43-40-33-31-29-26-23-20-17-14-11-8-5-2/h27,44,70H,4-26,28-43,45-69H2,1-3H3/b44-27-. The third kappa shape index (κ3) is 66.8. The van der Waals surface area contributed by atoms with E-state index in [1.807, 2.05) is 0 Å². The monoisotopic (exact) mass is 1110 g/mol. The smallest absolute Gasteiger partial charge is 0.306 e. The molecule has 0 saturated heterocycles. The summed E-state index contributed by atoms with van der Waals surface area (Å²) in [5.74, 6) is -0.837. The predicted molar refractivity (Wildman–Crippen MR) is 344 cm³/mol. The highest BCUT2D eigenvalue weighted by Gasteiger charge is 2.19. The second kappa shape index (κ2) is 68.6. The average molecular weight is 1110 g/mol. The van der Waals surface area contributed by atoms with E-state index in [1.54, 1.807) is 0 Å². The van der Waals surface area contributed by atoms with Crippen molar-refractivity contribution in [1.82, 2.24) is 0 Å². The van der Waals surface area contributed by atoms with Crippen LogP contribution in [-0.4, -0.2) is 37.2 Å². The zero-order valence-corrected chi connectivity index (χ0v) is 53.9. The molecule has 0 saturated carbocycles. The number of unbranched alkanes of at least 4 members (excludes halogenated alkanes) is 55. The van der Waals surface area contributed by atoms with Crippen LogP contribution in [-0.2, 0) is 28.6 Å². The molecule has 0 spiro atoms. The van der Waals surface area contributed by atoms with Crippen LogP contribution in [0.4, 0.5) is 0 Å². The Morgan fingerprint density at radius 1 is 0.241 bits per heavy atom. The summed E-state index contributed by atoms with van der Waals surface area (Å²) in [7, 11) is 0. The number of rotatable bonds is 68. The Morgan fingerprint density at radius 3 is 0.633 bits per heavy atom. The first-order valence-corrected chi connectivity index (χ1v) is 36.2. The molecule has 0 heterocycles. The molecule has 0 bridgehead atoms. The Balaban J connectivity index is 4.22. The molecule has 0 aliphatic heterocycles. The van der Waals surface area contributed by atoms with Gasteiger partial charge in [-0.05, 0) is 44.9 Å². The first-order valence-electron chi connectivity index (χ1n) is 36.2. The summed E-state index contributed by atoms with van der Waals surface area (Å²) in [6.07, 6.45) is 82.5. The number of ether oxygens (including phenoxy) is 3. The van der Waals surface area contributed by atoms with Gasteiger partial charge in [0.2, 0.25) is 0 Å². The van der Waals surface area contributed by atoms with Crippen LogP contribution in [0.3, 0.4) is 0 Å². The lowest BCUT2D eigenvalue weighted by Crippen LogP contribution is -2.30. The highest BCUT2D eigenvalue weighted by atomic mass is 16.6. The van der Waals surface area contributed by atoms with Crippen LogP contribution in [0.15, 0.2) is 12.2 Å². The first-order chi connectivity index (χ1) is 39.0. The van der Waals surface area contributed by atoms with E-state index < -0.39 is 6.10 Å². The lowest BCUT2D eigenvalue weighted by atomic mass is 10.0. The van der Waals surface area contributed by atoms with Gasteiger partial charge in [-0.15, -0.1) is 0 Å². The maximum atomic E-state index is 13.0. The van der Waals surface area contributed by atoms with E-state index >= 15 is 0 Å². The van der Waals surface area contributed by atoms with Crippen molar-refractivity contribution >= 4 is 17.9 Å². The van der Waals surface area contributed by atoms with Gasteiger partial charge in [-0.1, -0.05) is 367 Å². The van der Waals surface area contributed by atoms with E-state index in [0.29, 0.717) is 19.3 Å². The lowest BCUT2D eigenvalue weighted by molar-refractivity contribution is -0.167. The lowest BCUT2D eigenvalue weighted by Gasteiger charge is -2.18. The third-order valence-electron chi connectivity index (χ3n) is 16.8. The van der Waals surface area contributed by atoms with Crippen LogP contribution < -0.4 is 0 Å². The fraction of sp³-hybridized carbons (Fsp3) is 0.932. The molecule has 0 aromatic carbocycles. The molecular weight excluding hydrogens is 973 g/mol. The van der Waals surface area contributed by atoms with E-state index in [4.69, 9.17) is 14.2 Å².